The summed E-state index contributed by atoms with van der Waals surface area (Å²) >= 11 is 0. The Hall–Kier alpha value is -2.22. The minimum absolute atomic E-state index is 0.00921. The summed E-state index contributed by atoms with van der Waals surface area (Å²) in [5, 5.41) is 24.8. The second kappa shape index (κ2) is 7.53. The molecule has 8 heteroatoms. The van der Waals surface area contributed by atoms with Gasteiger partial charge in [0.1, 0.15) is 5.69 Å². The van der Waals surface area contributed by atoms with Gasteiger partial charge in [-0.2, -0.15) is 0 Å². The lowest BCUT2D eigenvalue weighted by Crippen LogP contribution is -2.34. The largest absolute Gasteiger partial charge is 0.376 e. The van der Waals surface area contributed by atoms with Gasteiger partial charge in [0.25, 0.3) is 11.4 Å². The molecular weight excluding hydrogens is 276 g/mol. The van der Waals surface area contributed by atoms with Gasteiger partial charge < -0.3 is 10.2 Å². The summed E-state index contributed by atoms with van der Waals surface area (Å²) in [7, 11) is 0. The molecule has 1 aromatic carbocycles. The molecule has 0 aliphatic rings. The van der Waals surface area contributed by atoms with Crippen molar-refractivity contribution in [3.63, 3.8) is 0 Å². The molecular formula is C13H20N4O4. The fourth-order valence-electron chi connectivity index (χ4n) is 2.09. The van der Waals surface area contributed by atoms with Gasteiger partial charge in [-0.1, -0.05) is 13.8 Å². The van der Waals surface area contributed by atoms with Gasteiger partial charge in [-0.25, -0.2) is 0 Å². The molecule has 0 heterocycles. The summed E-state index contributed by atoms with van der Waals surface area (Å²) in [6, 6.07) is 3.62. The Morgan fingerprint density at radius 1 is 1.19 bits per heavy atom. The predicted molar refractivity (Wildman–Crippen MR) is 80.6 cm³/mol. The first-order valence-electron chi connectivity index (χ1n) is 6.80. The molecule has 0 spiro atoms. The van der Waals surface area contributed by atoms with Crippen LogP contribution in [0.5, 0.6) is 0 Å². The monoisotopic (exact) mass is 296 g/mol. The van der Waals surface area contributed by atoms with Crippen LogP contribution in [0.25, 0.3) is 0 Å². The van der Waals surface area contributed by atoms with Gasteiger partial charge in [0.2, 0.25) is 0 Å². The number of benzene rings is 1. The minimum atomic E-state index is -0.643. The maximum Gasteiger partial charge on any atom is 0.299 e. The minimum Gasteiger partial charge on any atom is -0.376 e. The molecule has 0 aliphatic heterocycles. The Morgan fingerprint density at radius 3 is 2.29 bits per heavy atom. The predicted octanol–water partition coefficient (Wildman–Crippen LogP) is 2.65. The Kier molecular flexibility index (Phi) is 6.04. The van der Waals surface area contributed by atoms with E-state index in [0.29, 0.717) is 5.69 Å². The van der Waals surface area contributed by atoms with Crippen molar-refractivity contribution in [2.45, 2.75) is 26.8 Å². The molecule has 116 valence electrons. The van der Waals surface area contributed by atoms with Gasteiger partial charge >= 0.3 is 0 Å². The van der Waals surface area contributed by atoms with Gasteiger partial charge in [-0.15, -0.1) is 0 Å². The summed E-state index contributed by atoms with van der Waals surface area (Å²) in [5.74, 6) is 0. The lowest BCUT2D eigenvalue weighted by atomic mass is 10.2. The molecule has 0 fully saturated rings. The smallest absolute Gasteiger partial charge is 0.299 e. The van der Waals surface area contributed by atoms with Gasteiger partial charge in [-0.3, -0.25) is 20.2 Å². The fraction of sp³-hybridized carbons (Fsp3) is 0.538. The number of nitrogens with zero attached hydrogens (tertiary/aromatic N) is 3. The lowest BCUT2D eigenvalue weighted by molar-refractivity contribution is -0.393. The highest BCUT2D eigenvalue weighted by Crippen LogP contribution is 2.29. The molecule has 1 aromatic rings. The fourth-order valence-corrected chi connectivity index (χ4v) is 2.09. The Labute approximate surface area is 123 Å². The average molecular weight is 296 g/mol. The van der Waals surface area contributed by atoms with Crippen LogP contribution < -0.4 is 5.32 Å². The molecule has 1 atom stereocenters. The maximum absolute atomic E-state index is 11.0. The molecule has 8 nitrogen and oxygen atoms in total. The molecule has 0 bridgehead atoms. The first kappa shape index (κ1) is 16.8. The van der Waals surface area contributed by atoms with Crippen molar-refractivity contribution in [2.75, 3.05) is 25.0 Å². The summed E-state index contributed by atoms with van der Waals surface area (Å²) in [6.45, 7) is 8.54. The molecule has 21 heavy (non-hydrogen) atoms. The number of nitro benzene ring substituents is 2. The number of hydrogen-bond acceptors (Lipinski definition) is 6. The van der Waals surface area contributed by atoms with Crippen molar-refractivity contribution in [1.29, 1.82) is 0 Å². The van der Waals surface area contributed by atoms with Crippen molar-refractivity contribution in [3.8, 4) is 0 Å². The first-order valence-corrected chi connectivity index (χ1v) is 6.80. The van der Waals surface area contributed by atoms with Crippen molar-refractivity contribution >= 4 is 17.1 Å². The van der Waals surface area contributed by atoms with Crippen LogP contribution in [-0.4, -0.2) is 40.4 Å². The third-order valence-electron chi connectivity index (χ3n) is 3.22. The summed E-state index contributed by atoms with van der Waals surface area (Å²) in [4.78, 5) is 22.7. The summed E-state index contributed by atoms with van der Waals surface area (Å²) in [5.41, 5.74) is -0.274. The number of rotatable bonds is 8. The van der Waals surface area contributed by atoms with Crippen molar-refractivity contribution in [3.05, 3.63) is 38.4 Å². The number of nitro groups is 2. The van der Waals surface area contributed by atoms with Crippen LogP contribution in [0.1, 0.15) is 20.8 Å². The summed E-state index contributed by atoms with van der Waals surface area (Å²) in [6.07, 6.45) is 0. The van der Waals surface area contributed by atoms with E-state index in [1.54, 1.807) is 0 Å². The first-order chi connectivity index (χ1) is 9.88. The highest BCUT2D eigenvalue weighted by molar-refractivity contribution is 5.65. The number of non-ortho nitro benzene ring substituents is 1. The number of anilines is 1. The van der Waals surface area contributed by atoms with Crippen molar-refractivity contribution in [2.24, 2.45) is 0 Å². The second-order valence-corrected chi connectivity index (χ2v) is 4.75. The Balaban J connectivity index is 2.92. The lowest BCUT2D eigenvalue weighted by Gasteiger charge is -2.23. The van der Waals surface area contributed by atoms with Gasteiger partial charge in [0.05, 0.1) is 15.9 Å². The maximum atomic E-state index is 11.0. The van der Waals surface area contributed by atoms with E-state index < -0.39 is 9.85 Å². The van der Waals surface area contributed by atoms with Crippen LogP contribution in [0.4, 0.5) is 17.1 Å². The molecule has 0 radical (unpaired) electrons. The van der Waals surface area contributed by atoms with E-state index in [1.807, 2.05) is 20.8 Å². The molecule has 0 amide bonds. The number of nitrogens with one attached hydrogen (secondary N) is 1. The van der Waals surface area contributed by atoms with Gasteiger partial charge in [0, 0.05) is 18.7 Å². The highest BCUT2D eigenvalue weighted by Gasteiger charge is 2.20. The zero-order valence-corrected chi connectivity index (χ0v) is 12.4. The average Bonchev–Trinajstić information content (AvgIpc) is 2.44. The molecule has 1 rings (SSSR count). The van der Waals surface area contributed by atoms with Crippen LogP contribution >= 0.6 is 0 Å². The van der Waals surface area contributed by atoms with E-state index in [4.69, 9.17) is 0 Å². The summed E-state index contributed by atoms with van der Waals surface area (Å²) < 4.78 is 0. The van der Waals surface area contributed by atoms with Crippen LogP contribution in [0.15, 0.2) is 18.2 Å². The molecule has 0 aromatic heterocycles. The van der Waals surface area contributed by atoms with E-state index in [0.717, 1.165) is 25.7 Å². The number of hydrogen-bond donors (Lipinski definition) is 1. The van der Waals surface area contributed by atoms with Gasteiger partial charge in [-0.05, 0) is 26.1 Å². The van der Waals surface area contributed by atoms with E-state index in [-0.39, 0.29) is 17.4 Å². The topological polar surface area (TPSA) is 102 Å². The molecule has 0 aliphatic carbocycles. The Bertz CT molecular complexity index is 517. The molecule has 0 saturated carbocycles. The van der Waals surface area contributed by atoms with Crippen molar-refractivity contribution in [1.82, 2.24) is 4.90 Å². The third kappa shape index (κ3) is 4.67. The number of likely N-dealkylation sites (N-methyl/N-ethyl adjacent to an activating group) is 1. The Morgan fingerprint density at radius 2 is 1.81 bits per heavy atom. The van der Waals surface area contributed by atoms with Crippen LogP contribution in [0, 0.1) is 20.2 Å². The highest BCUT2D eigenvalue weighted by atomic mass is 16.6. The molecule has 1 unspecified atom stereocenters. The van der Waals surface area contributed by atoms with Gasteiger partial charge in [0.15, 0.2) is 0 Å². The quantitative estimate of drug-likeness (QED) is 0.584. The van der Waals surface area contributed by atoms with E-state index in [9.17, 15) is 20.2 Å². The zero-order chi connectivity index (χ0) is 16.0. The normalized spacial score (nSPS) is 12.2. The van der Waals surface area contributed by atoms with Crippen molar-refractivity contribution < 1.29 is 9.85 Å². The van der Waals surface area contributed by atoms with Crippen LogP contribution in [0.3, 0.4) is 0 Å². The zero-order valence-electron chi connectivity index (χ0n) is 12.4. The van der Waals surface area contributed by atoms with E-state index in [1.165, 1.54) is 12.1 Å². The molecule has 1 N–H and O–H groups in total. The van der Waals surface area contributed by atoms with E-state index in [2.05, 4.69) is 10.2 Å². The van der Waals surface area contributed by atoms with Crippen LogP contribution in [0.2, 0.25) is 0 Å². The SMILES string of the molecule is CCN(CC)CC(C)Nc1ccc([N+](=O)[O-])cc1[N+](=O)[O-]. The molecule has 0 saturated heterocycles. The second-order valence-electron chi connectivity index (χ2n) is 4.75. The third-order valence-corrected chi connectivity index (χ3v) is 3.22. The van der Waals surface area contributed by atoms with E-state index >= 15 is 0 Å². The standard InChI is InChI=1S/C13H20N4O4/c1-4-15(5-2)9-10(3)14-12-7-6-11(16(18)19)8-13(12)17(20)21/h6-8,10,14H,4-5,9H2,1-3H3. The van der Waals surface area contributed by atoms with Crippen LogP contribution in [-0.2, 0) is 0 Å².